The fourth-order valence-electron chi connectivity index (χ4n) is 3.14. The Kier molecular flexibility index (Phi) is 7.16. The van der Waals surface area contributed by atoms with E-state index < -0.39 is 5.97 Å². The molecule has 0 aliphatic heterocycles. The predicted molar refractivity (Wildman–Crippen MR) is 111 cm³/mol. The number of aromatic nitrogens is 2. The summed E-state index contributed by atoms with van der Waals surface area (Å²) in [6.45, 7) is 0.922. The smallest absolute Gasteiger partial charge is 0.303 e. The number of hydrogen-bond donors (Lipinski definition) is 1. The van der Waals surface area contributed by atoms with Gasteiger partial charge in [-0.2, -0.15) is 5.10 Å². The molecule has 0 saturated heterocycles. The van der Waals surface area contributed by atoms with Gasteiger partial charge in [0, 0.05) is 32.1 Å². The van der Waals surface area contributed by atoms with Gasteiger partial charge in [0.2, 0.25) is 5.91 Å². The number of aryl methyl sites for hydroxylation is 1. The van der Waals surface area contributed by atoms with E-state index in [0.29, 0.717) is 32.4 Å². The highest BCUT2D eigenvalue weighted by Crippen LogP contribution is 2.12. The molecule has 1 heterocycles. The monoisotopic (exact) mass is 391 g/mol. The Balaban J connectivity index is 1.60. The van der Waals surface area contributed by atoms with E-state index in [2.05, 4.69) is 5.10 Å². The van der Waals surface area contributed by atoms with Crippen LogP contribution in [0.15, 0.2) is 73.1 Å². The number of benzene rings is 2. The molecular weight excluding hydrogens is 366 g/mol. The standard InChI is InChI=1S/C23H25N3O3/c27-22(14-13-20-16-24-26(18-20)21-10-5-2-6-11-21)25(15-7-12-23(28)29)17-19-8-3-1-4-9-19/h1-6,8-11,16,18H,7,12-15,17H2,(H,28,29). The second-order valence-electron chi connectivity index (χ2n) is 6.93. The Morgan fingerprint density at radius 3 is 2.31 bits per heavy atom. The molecule has 0 spiro atoms. The van der Waals surface area contributed by atoms with E-state index in [9.17, 15) is 9.59 Å². The van der Waals surface area contributed by atoms with Crippen molar-refractivity contribution < 1.29 is 14.7 Å². The summed E-state index contributed by atoms with van der Waals surface area (Å²) in [4.78, 5) is 25.4. The molecule has 0 atom stereocenters. The zero-order valence-corrected chi connectivity index (χ0v) is 16.3. The molecular formula is C23H25N3O3. The number of rotatable bonds is 10. The first kappa shape index (κ1) is 20.3. The van der Waals surface area contributed by atoms with E-state index >= 15 is 0 Å². The maximum absolute atomic E-state index is 12.8. The molecule has 0 bridgehead atoms. The second-order valence-corrected chi connectivity index (χ2v) is 6.93. The molecule has 0 saturated carbocycles. The molecule has 29 heavy (non-hydrogen) atoms. The summed E-state index contributed by atoms with van der Waals surface area (Å²) in [5.74, 6) is -0.822. The number of para-hydroxylation sites is 1. The zero-order chi connectivity index (χ0) is 20.5. The summed E-state index contributed by atoms with van der Waals surface area (Å²) in [5, 5.41) is 13.3. The fraction of sp³-hybridized carbons (Fsp3) is 0.261. The summed E-state index contributed by atoms with van der Waals surface area (Å²) < 4.78 is 1.80. The van der Waals surface area contributed by atoms with Crippen LogP contribution in [0.1, 0.15) is 30.4 Å². The number of carboxylic acid groups (broad SMARTS) is 1. The van der Waals surface area contributed by atoms with Crippen LogP contribution in [0, 0.1) is 0 Å². The Hall–Kier alpha value is -3.41. The minimum atomic E-state index is -0.842. The minimum Gasteiger partial charge on any atom is -0.481 e. The topological polar surface area (TPSA) is 75.4 Å². The van der Waals surface area contributed by atoms with Gasteiger partial charge in [0.15, 0.2) is 0 Å². The second kappa shape index (κ2) is 10.2. The third-order valence-electron chi connectivity index (χ3n) is 4.67. The van der Waals surface area contributed by atoms with Gasteiger partial charge in [0.05, 0.1) is 11.9 Å². The average molecular weight is 391 g/mol. The van der Waals surface area contributed by atoms with Crippen LogP contribution in [0.25, 0.3) is 5.69 Å². The maximum Gasteiger partial charge on any atom is 0.303 e. The lowest BCUT2D eigenvalue weighted by Crippen LogP contribution is -2.32. The van der Waals surface area contributed by atoms with Crippen molar-refractivity contribution in [2.45, 2.75) is 32.2 Å². The maximum atomic E-state index is 12.8. The summed E-state index contributed by atoms with van der Waals surface area (Å²) in [6, 6.07) is 19.6. The van der Waals surface area contributed by atoms with Crippen molar-refractivity contribution in [1.82, 2.24) is 14.7 Å². The average Bonchev–Trinajstić information content (AvgIpc) is 3.21. The number of hydrogen-bond acceptors (Lipinski definition) is 3. The Morgan fingerprint density at radius 2 is 1.62 bits per heavy atom. The summed E-state index contributed by atoms with van der Waals surface area (Å²) in [7, 11) is 0. The molecule has 0 radical (unpaired) electrons. The molecule has 1 N–H and O–H groups in total. The molecule has 1 amide bonds. The van der Waals surface area contributed by atoms with Crippen LogP contribution in [-0.4, -0.2) is 38.2 Å². The molecule has 0 fully saturated rings. The van der Waals surface area contributed by atoms with Crippen LogP contribution in [0.3, 0.4) is 0 Å². The summed E-state index contributed by atoms with van der Waals surface area (Å²) in [6.07, 6.45) is 5.18. The normalized spacial score (nSPS) is 10.6. The SMILES string of the molecule is O=C(O)CCCN(Cc1ccccc1)C(=O)CCc1cnn(-c2ccccc2)c1. The zero-order valence-electron chi connectivity index (χ0n) is 16.3. The lowest BCUT2D eigenvalue weighted by molar-refractivity contribution is -0.138. The molecule has 3 rings (SSSR count). The molecule has 150 valence electrons. The number of carbonyl (C=O) groups excluding carboxylic acids is 1. The van der Waals surface area contributed by atoms with Gasteiger partial charge in [0.1, 0.15) is 0 Å². The first-order chi connectivity index (χ1) is 14.1. The van der Waals surface area contributed by atoms with E-state index in [1.165, 1.54) is 0 Å². The van der Waals surface area contributed by atoms with E-state index in [1.807, 2.05) is 66.9 Å². The number of amides is 1. The van der Waals surface area contributed by atoms with Crippen molar-refractivity contribution in [2.24, 2.45) is 0 Å². The first-order valence-corrected chi connectivity index (χ1v) is 9.74. The van der Waals surface area contributed by atoms with Gasteiger partial charge in [0.25, 0.3) is 0 Å². The Bertz CT molecular complexity index is 923. The highest BCUT2D eigenvalue weighted by molar-refractivity contribution is 5.76. The molecule has 6 heteroatoms. The fourth-order valence-corrected chi connectivity index (χ4v) is 3.14. The van der Waals surface area contributed by atoms with Gasteiger partial charge >= 0.3 is 5.97 Å². The molecule has 0 aliphatic carbocycles. The highest BCUT2D eigenvalue weighted by Gasteiger charge is 2.15. The van der Waals surface area contributed by atoms with Gasteiger partial charge < -0.3 is 10.0 Å². The summed E-state index contributed by atoms with van der Waals surface area (Å²) in [5.41, 5.74) is 3.00. The molecule has 0 aliphatic rings. The van der Waals surface area contributed by atoms with Crippen molar-refractivity contribution in [3.63, 3.8) is 0 Å². The van der Waals surface area contributed by atoms with E-state index in [0.717, 1.165) is 16.8 Å². The van der Waals surface area contributed by atoms with Crippen LogP contribution in [0.4, 0.5) is 0 Å². The van der Waals surface area contributed by atoms with Gasteiger partial charge in [-0.05, 0) is 36.1 Å². The van der Waals surface area contributed by atoms with Crippen LogP contribution in [0.2, 0.25) is 0 Å². The van der Waals surface area contributed by atoms with Gasteiger partial charge in [-0.25, -0.2) is 4.68 Å². The van der Waals surface area contributed by atoms with Crippen molar-refractivity contribution in [3.8, 4) is 5.69 Å². The first-order valence-electron chi connectivity index (χ1n) is 9.74. The number of aliphatic carboxylic acids is 1. The van der Waals surface area contributed by atoms with Crippen molar-refractivity contribution in [3.05, 3.63) is 84.2 Å². The third-order valence-corrected chi connectivity index (χ3v) is 4.67. The number of carbonyl (C=O) groups is 2. The molecule has 0 unspecified atom stereocenters. The van der Waals surface area contributed by atoms with Crippen LogP contribution in [0.5, 0.6) is 0 Å². The van der Waals surface area contributed by atoms with Gasteiger partial charge in [-0.1, -0.05) is 48.5 Å². The lowest BCUT2D eigenvalue weighted by atomic mass is 10.1. The van der Waals surface area contributed by atoms with Crippen LogP contribution in [-0.2, 0) is 22.6 Å². The van der Waals surface area contributed by atoms with Gasteiger partial charge in [-0.15, -0.1) is 0 Å². The van der Waals surface area contributed by atoms with E-state index in [1.54, 1.807) is 15.8 Å². The van der Waals surface area contributed by atoms with E-state index in [-0.39, 0.29) is 12.3 Å². The molecule has 1 aromatic heterocycles. The van der Waals surface area contributed by atoms with E-state index in [4.69, 9.17) is 5.11 Å². The third kappa shape index (κ3) is 6.31. The lowest BCUT2D eigenvalue weighted by Gasteiger charge is -2.22. The summed E-state index contributed by atoms with van der Waals surface area (Å²) >= 11 is 0. The molecule has 3 aromatic rings. The van der Waals surface area contributed by atoms with Gasteiger partial charge in [-0.3, -0.25) is 9.59 Å². The van der Waals surface area contributed by atoms with Crippen molar-refractivity contribution in [1.29, 1.82) is 0 Å². The Labute approximate surface area is 170 Å². The number of nitrogens with zero attached hydrogens (tertiary/aromatic N) is 3. The van der Waals surface area contributed by atoms with Crippen molar-refractivity contribution in [2.75, 3.05) is 6.54 Å². The predicted octanol–water partition coefficient (Wildman–Crippen LogP) is 3.70. The number of carboxylic acids is 1. The van der Waals surface area contributed by atoms with Crippen LogP contribution < -0.4 is 0 Å². The minimum absolute atomic E-state index is 0.0201. The van der Waals surface area contributed by atoms with Crippen molar-refractivity contribution >= 4 is 11.9 Å². The highest BCUT2D eigenvalue weighted by atomic mass is 16.4. The van der Waals surface area contributed by atoms with Crippen LogP contribution >= 0.6 is 0 Å². The molecule has 6 nitrogen and oxygen atoms in total. The largest absolute Gasteiger partial charge is 0.481 e. The molecule has 2 aromatic carbocycles. The quantitative estimate of drug-likeness (QED) is 0.572. The Morgan fingerprint density at radius 1 is 0.931 bits per heavy atom.